The van der Waals surface area contributed by atoms with Crippen molar-refractivity contribution in [1.82, 2.24) is 0 Å². The Morgan fingerprint density at radius 1 is 0.558 bits per heavy atom. The first kappa shape index (κ1) is 74.5. The van der Waals surface area contributed by atoms with Crippen molar-refractivity contribution in [3.63, 3.8) is 0 Å². The number of aryl methyl sites for hydroxylation is 1. The topological polar surface area (TPSA) is 324 Å². The maximum absolute atomic E-state index is 12.3. The number of morpholine rings is 1. The van der Waals surface area contributed by atoms with E-state index < -0.39 is 12.1 Å². The van der Waals surface area contributed by atoms with Crippen molar-refractivity contribution < 1.29 is 61.1 Å². The van der Waals surface area contributed by atoms with E-state index in [1.165, 1.54) is 24.7 Å². The first-order valence-corrected chi connectivity index (χ1v) is 33.7. The smallest absolute Gasteiger partial charge is 0.399 e. The molecule has 0 bridgehead atoms. The second kappa shape index (κ2) is 34.0. The predicted molar refractivity (Wildman–Crippen MR) is 396 cm³/mol. The number of ether oxygens (including phenoxy) is 1. The molecule has 8 amide bonds. The van der Waals surface area contributed by atoms with Gasteiger partial charge in [0.05, 0.1) is 57.8 Å². The number of fused-ring (bicyclic) bond motifs is 7. The van der Waals surface area contributed by atoms with Crippen LogP contribution in [-0.4, -0.2) is 85.5 Å². The molecule has 0 unspecified atom stereocenters. The van der Waals surface area contributed by atoms with E-state index in [0.717, 1.165) is 141 Å². The molecule has 8 aromatic rings. The molecule has 8 heterocycles. The Morgan fingerprint density at radius 2 is 1.09 bits per heavy atom. The Labute approximate surface area is 602 Å². The van der Waals surface area contributed by atoms with Crippen LogP contribution in [0, 0.1) is 11.3 Å². The standard InChI is InChI=1S/C17H13F3N2O.C12H14N2O2.C12H13NO2.C11H10N2O.C10H10N2O2.C8H6ClNO.C8H8N2O/c1-10-7-13-6-5-12(9-15(13)21-10)11-3-2-4-14(8-11)22-16(23)17(18,19)20;15-12-7-9-1-2-10(8-11(9)13-12)14-3-5-16-6-4-14;1-2-3-11(14)8-4-5-10-9(6-8)7-12(15)13-10;12-5-1-2-8-3-4-10-9(6-8)7-11(14)13-10;1-6(13)11-8-3-2-7-4-10(14)12-9(7)5-8;9-6-2-1-3-7-5(6)4-8(11)10-7;9-6-2-1-5-3-8(11)10-7(5)4-6/h2-6,8-9,21H,1,7H2,(H,22,23);1-2,8H,3-7H2,(H,13,15);4-6H,2-3,7H2,1H3,(H,13,15);3-4,6H,1-2,7H2,(H,13,14);2-3,5H,4H2,1H3,(H,11,13)(H,12,14);1-3H,4H2,(H,10,11);1-2,4H,3,9H2,(H,10,11). The van der Waals surface area contributed by atoms with Crippen LogP contribution in [0.5, 0.6) is 0 Å². The highest BCUT2D eigenvalue weighted by Gasteiger charge is 2.39. The van der Waals surface area contributed by atoms with Gasteiger partial charge in [-0.1, -0.05) is 85.8 Å². The minimum absolute atomic E-state index is 0.0000231. The van der Waals surface area contributed by atoms with E-state index >= 15 is 0 Å². The lowest BCUT2D eigenvalue weighted by molar-refractivity contribution is -0.167. The van der Waals surface area contributed by atoms with E-state index in [9.17, 15) is 56.3 Å². The molecule has 22 nitrogen and oxygen atoms in total. The number of carbonyl (C=O) groups excluding carboxylic acids is 9. The number of nitrogens with one attached hydrogen (secondary N) is 9. The summed E-state index contributed by atoms with van der Waals surface area (Å²) in [7, 11) is 0. The summed E-state index contributed by atoms with van der Waals surface area (Å²) in [5.74, 6) is -1.73. The van der Waals surface area contributed by atoms with Gasteiger partial charge in [-0.05, 0) is 154 Å². The molecule has 0 spiro atoms. The Hall–Kier alpha value is -12.1. The summed E-state index contributed by atoms with van der Waals surface area (Å²) in [5, 5.41) is 33.3. The molecule has 8 aliphatic rings. The molecule has 0 radical (unpaired) electrons. The van der Waals surface area contributed by atoms with E-state index in [2.05, 4.69) is 72.2 Å². The highest BCUT2D eigenvalue weighted by molar-refractivity contribution is 6.32. The fraction of sp³-hybridized carbons (Fsp3) is 0.231. The number of nitrogen functional groups attached to an aromatic ring is 1. The fourth-order valence-electron chi connectivity index (χ4n) is 12.0. The highest BCUT2D eigenvalue weighted by Crippen LogP contribution is 2.35. The van der Waals surface area contributed by atoms with Crippen LogP contribution < -0.4 is 58.5 Å². The summed E-state index contributed by atoms with van der Waals surface area (Å²) in [6.07, 6.45) is 1.26. The van der Waals surface area contributed by atoms with Crippen LogP contribution in [0.15, 0.2) is 164 Å². The summed E-state index contributed by atoms with van der Waals surface area (Å²) in [6, 6.07) is 48.0. The van der Waals surface area contributed by atoms with Crippen molar-refractivity contribution >= 4 is 127 Å². The lowest BCUT2D eigenvalue weighted by atomic mass is 10.0. The molecule has 11 N–H and O–H groups in total. The van der Waals surface area contributed by atoms with E-state index in [1.807, 2.05) is 91.1 Å². The zero-order chi connectivity index (χ0) is 74.2. The molecule has 1 fully saturated rings. The third-order valence-corrected chi connectivity index (χ3v) is 17.4. The average molecular weight is 1430 g/mol. The van der Waals surface area contributed by atoms with Crippen LogP contribution >= 0.6 is 11.6 Å². The van der Waals surface area contributed by atoms with Gasteiger partial charge in [0.15, 0.2) is 5.78 Å². The van der Waals surface area contributed by atoms with Gasteiger partial charge in [0, 0.05) is 124 Å². The number of alkyl halides is 3. The van der Waals surface area contributed by atoms with Crippen LogP contribution in [0.4, 0.5) is 75.7 Å². The quantitative estimate of drug-likeness (QED) is 0.0475. The number of halogens is 4. The van der Waals surface area contributed by atoms with Crippen molar-refractivity contribution in [2.75, 3.05) is 84.8 Å². The number of hydrogen-bond donors (Lipinski definition) is 10. The Balaban J connectivity index is 0.000000132. The monoisotopic (exact) mass is 1430 g/mol. The van der Waals surface area contributed by atoms with Gasteiger partial charge in [-0.3, -0.25) is 43.2 Å². The van der Waals surface area contributed by atoms with Gasteiger partial charge in [0.1, 0.15) is 0 Å². The highest BCUT2D eigenvalue weighted by atomic mass is 35.5. The van der Waals surface area contributed by atoms with E-state index in [0.29, 0.717) is 78.9 Å². The predicted octanol–water partition coefficient (Wildman–Crippen LogP) is 12.9. The van der Waals surface area contributed by atoms with Crippen LogP contribution in [0.3, 0.4) is 0 Å². The molecule has 0 saturated carbocycles. The molecular formula is C78H74ClF3N12O10. The lowest BCUT2D eigenvalue weighted by Gasteiger charge is -2.29. The van der Waals surface area contributed by atoms with Crippen molar-refractivity contribution in [3.8, 4) is 17.2 Å². The van der Waals surface area contributed by atoms with Crippen molar-refractivity contribution in [2.24, 2.45) is 0 Å². The molecule has 26 heteroatoms. The van der Waals surface area contributed by atoms with Gasteiger partial charge in [0.25, 0.3) is 0 Å². The number of hydrogen-bond acceptors (Lipinski definition) is 14. The van der Waals surface area contributed by atoms with Crippen molar-refractivity contribution in [2.45, 2.75) is 90.7 Å². The number of nitrogens with two attached hydrogens (primary N) is 1. The number of nitriles is 1. The minimum atomic E-state index is -4.91. The largest absolute Gasteiger partial charge is 0.471 e. The number of amides is 8. The Bertz CT molecular complexity index is 4760. The van der Waals surface area contributed by atoms with Gasteiger partial charge in [-0.2, -0.15) is 18.4 Å². The van der Waals surface area contributed by atoms with Crippen molar-refractivity contribution in [1.29, 1.82) is 5.26 Å². The number of benzene rings is 8. The Kier molecular flexibility index (Phi) is 24.4. The molecule has 534 valence electrons. The van der Waals surface area contributed by atoms with Gasteiger partial charge in [-0.25, -0.2) is 0 Å². The zero-order valence-corrected chi connectivity index (χ0v) is 57.6. The average Bonchev–Trinajstić information content (AvgIpc) is 1.54. The Morgan fingerprint density at radius 3 is 1.72 bits per heavy atom. The number of anilines is 11. The van der Waals surface area contributed by atoms with Crippen LogP contribution in [0.25, 0.3) is 11.1 Å². The second-order valence-corrected chi connectivity index (χ2v) is 25.4. The number of Topliss-reactive ketones (excluding diaryl/α,β-unsaturated/α-hetero) is 1. The minimum Gasteiger partial charge on any atom is -0.399 e. The summed E-state index contributed by atoms with van der Waals surface area (Å²) in [4.78, 5) is 102. The molecule has 104 heavy (non-hydrogen) atoms. The van der Waals surface area contributed by atoms with Gasteiger partial charge in [0.2, 0.25) is 41.4 Å². The first-order valence-electron chi connectivity index (χ1n) is 33.4. The molecule has 16 rings (SSSR count). The van der Waals surface area contributed by atoms with Gasteiger partial charge in [-0.15, -0.1) is 0 Å². The molecule has 8 aliphatic heterocycles. The number of ketones is 1. The van der Waals surface area contributed by atoms with Gasteiger partial charge < -0.3 is 63.2 Å². The van der Waals surface area contributed by atoms with Crippen molar-refractivity contribution in [3.05, 3.63) is 219 Å². The summed E-state index contributed by atoms with van der Waals surface area (Å²) in [6.45, 7) is 10.7. The fourth-order valence-corrected chi connectivity index (χ4v) is 12.3. The maximum Gasteiger partial charge on any atom is 0.471 e. The third kappa shape index (κ3) is 20.3. The van der Waals surface area contributed by atoms with Crippen LogP contribution in [-0.2, 0) is 94.5 Å². The molecule has 0 aliphatic carbocycles. The van der Waals surface area contributed by atoms with E-state index in [4.69, 9.17) is 27.3 Å². The molecule has 0 aromatic heterocycles. The van der Waals surface area contributed by atoms with Crippen LogP contribution in [0.1, 0.15) is 88.0 Å². The SMILES string of the molecule is C=C1Cc2ccc(-c3cccc(NC(=O)C(F)(F)F)c3)cc2N1.CC(=O)Nc1ccc2c(c1)NC(=O)C2.CCCC(=O)c1ccc2c(c1)CC(=O)N2.N#CCCc1ccc2c(c1)CC(=O)N2.Nc1ccc2c(c1)NC(=O)C2.O=C1Cc2c(Cl)cccc2N1.O=C1Cc2ccc(N3CCOCC3)cc2N1. The summed E-state index contributed by atoms with van der Waals surface area (Å²) in [5.41, 5.74) is 25.8. The zero-order valence-electron chi connectivity index (χ0n) is 56.8. The van der Waals surface area contributed by atoms with Crippen LogP contribution in [0.2, 0.25) is 5.02 Å². The van der Waals surface area contributed by atoms with Gasteiger partial charge >= 0.3 is 12.1 Å². The van der Waals surface area contributed by atoms with E-state index in [1.54, 1.807) is 48.5 Å². The number of carbonyl (C=O) groups is 9. The molecular weight excluding hydrogens is 1360 g/mol. The first-order chi connectivity index (χ1) is 49.8. The number of allylic oxidation sites excluding steroid dienone is 1. The normalized spacial score (nSPS) is 14.5. The molecule has 8 aromatic carbocycles. The maximum atomic E-state index is 12.3. The number of nitrogens with zero attached hydrogens (tertiary/aromatic N) is 2. The number of rotatable bonds is 9. The second-order valence-electron chi connectivity index (χ2n) is 25.0. The van der Waals surface area contributed by atoms with E-state index in [-0.39, 0.29) is 52.8 Å². The molecule has 1 saturated heterocycles. The summed E-state index contributed by atoms with van der Waals surface area (Å²) < 4.78 is 42.3. The summed E-state index contributed by atoms with van der Waals surface area (Å²) >= 11 is 5.84. The lowest BCUT2D eigenvalue weighted by Crippen LogP contribution is -2.36. The molecule has 0 atom stereocenters. The third-order valence-electron chi connectivity index (χ3n) is 17.0.